The van der Waals surface area contributed by atoms with E-state index in [0.29, 0.717) is 25.8 Å². The van der Waals surface area contributed by atoms with E-state index in [0.717, 1.165) is 26.0 Å². The van der Waals surface area contributed by atoms with Crippen LogP contribution < -0.4 is 0 Å². The highest BCUT2D eigenvalue weighted by Gasteiger charge is 2.28. The monoisotopic (exact) mass is 333 g/mol. The zero-order chi connectivity index (χ0) is 16.9. The van der Waals surface area contributed by atoms with Gasteiger partial charge in [-0.15, -0.1) is 0 Å². The second-order valence-corrected chi connectivity index (χ2v) is 7.34. The average molecular weight is 333 g/mol. The smallest absolute Gasteiger partial charge is 0.0900 e. The SMILES string of the molecule is Cc1ccc(C)c(C2CCCN2CC(O)COCC2CCCO2)c1. The molecule has 3 unspecified atom stereocenters. The Morgan fingerprint density at radius 3 is 2.96 bits per heavy atom. The van der Waals surface area contributed by atoms with Crippen molar-refractivity contribution in [1.29, 1.82) is 0 Å². The molecule has 24 heavy (non-hydrogen) atoms. The first-order valence-electron chi connectivity index (χ1n) is 9.32. The molecule has 4 heteroatoms. The molecule has 134 valence electrons. The van der Waals surface area contributed by atoms with Gasteiger partial charge in [-0.3, -0.25) is 4.90 Å². The molecule has 4 nitrogen and oxygen atoms in total. The summed E-state index contributed by atoms with van der Waals surface area (Å²) in [4.78, 5) is 2.42. The van der Waals surface area contributed by atoms with E-state index in [1.807, 2.05) is 0 Å². The van der Waals surface area contributed by atoms with Gasteiger partial charge in [-0.1, -0.05) is 23.8 Å². The number of hydrogen-bond donors (Lipinski definition) is 1. The van der Waals surface area contributed by atoms with Gasteiger partial charge >= 0.3 is 0 Å². The molecule has 2 heterocycles. The quantitative estimate of drug-likeness (QED) is 0.833. The van der Waals surface area contributed by atoms with Crippen molar-refractivity contribution >= 4 is 0 Å². The molecular formula is C20H31NO3. The molecule has 1 aromatic carbocycles. The Labute approximate surface area is 145 Å². The minimum atomic E-state index is -0.433. The predicted molar refractivity (Wildman–Crippen MR) is 95.3 cm³/mol. The van der Waals surface area contributed by atoms with Crippen LogP contribution >= 0.6 is 0 Å². The molecule has 1 aromatic rings. The van der Waals surface area contributed by atoms with Crippen molar-refractivity contribution in [2.24, 2.45) is 0 Å². The number of likely N-dealkylation sites (tertiary alicyclic amines) is 1. The maximum Gasteiger partial charge on any atom is 0.0900 e. The molecule has 2 aliphatic rings. The molecule has 2 aliphatic heterocycles. The van der Waals surface area contributed by atoms with Gasteiger partial charge in [-0.05, 0) is 57.2 Å². The Hall–Kier alpha value is -0.940. The number of rotatable bonds is 7. The summed E-state index contributed by atoms with van der Waals surface area (Å²) in [7, 11) is 0. The second kappa shape index (κ2) is 8.43. The number of aliphatic hydroxyl groups is 1. The minimum Gasteiger partial charge on any atom is -0.389 e. The van der Waals surface area contributed by atoms with Crippen molar-refractivity contribution in [2.75, 3.05) is 32.9 Å². The number of benzene rings is 1. The number of aliphatic hydroxyl groups excluding tert-OH is 1. The summed E-state index contributed by atoms with van der Waals surface area (Å²) < 4.78 is 11.2. The van der Waals surface area contributed by atoms with E-state index < -0.39 is 6.10 Å². The molecule has 0 aliphatic carbocycles. The minimum absolute atomic E-state index is 0.228. The summed E-state index contributed by atoms with van der Waals surface area (Å²) in [6, 6.07) is 7.12. The fraction of sp³-hybridized carbons (Fsp3) is 0.700. The standard InChI is InChI=1S/C20H31NO3/c1-15-7-8-16(2)19(11-15)20-6-3-9-21(20)12-17(22)13-23-14-18-5-4-10-24-18/h7-8,11,17-18,20,22H,3-6,9-10,12-14H2,1-2H3. The number of aryl methyl sites for hydroxylation is 2. The van der Waals surface area contributed by atoms with Gasteiger partial charge in [-0.2, -0.15) is 0 Å². The van der Waals surface area contributed by atoms with Gasteiger partial charge in [0.15, 0.2) is 0 Å². The van der Waals surface area contributed by atoms with Crippen LogP contribution in [0.15, 0.2) is 18.2 Å². The number of nitrogens with zero attached hydrogens (tertiary/aromatic N) is 1. The van der Waals surface area contributed by atoms with Crippen molar-refractivity contribution in [2.45, 2.75) is 57.8 Å². The van der Waals surface area contributed by atoms with Crippen molar-refractivity contribution in [3.63, 3.8) is 0 Å². The molecule has 2 saturated heterocycles. The lowest BCUT2D eigenvalue weighted by atomic mass is 9.97. The van der Waals surface area contributed by atoms with Crippen molar-refractivity contribution in [3.05, 3.63) is 34.9 Å². The fourth-order valence-electron chi connectivity index (χ4n) is 3.95. The topological polar surface area (TPSA) is 41.9 Å². The first kappa shape index (κ1) is 17.9. The zero-order valence-corrected chi connectivity index (χ0v) is 15.0. The van der Waals surface area contributed by atoms with Gasteiger partial charge < -0.3 is 14.6 Å². The van der Waals surface area contributed by atoms with Crippen LogP contribution in [0.3, 0.4) is 0 Å². The summed E-state index contributed by atoms with van der Waals surface area (Å²) >= 11 is 0. The van der Waals surface area contributed by atoms with Gasteiger partial charge in [0.1, 0.15) is 0 Å². The molecule has 0 spiro atoms. The van der Waals surface area contributed by atoms with E-state index in [1.54, 1.807) is 0 Å². The molecule has 3 rings (SSSR count). The van der Waals surface area contributed by atoms with E-state index in [-0.39, 0.29) is 6.10 Å². The molecular weight excluding hydrogens is 302 g/mol. The molecule has 0 bridgehead atoms. The Balaban J connectivity index is 1.50. The number of hydrogen-bond acceptors (Lipinski definition) is 4. The maximum atomic E-state index is 10.4. The van der Waals surface area contributed by atoms with Crippen molar-refractivity contribution < 1.29 is 14.6 Å². The fourth-order valence-corrected chi connectivity index (χ4v) is 3.95. The highest BCUT2D eigenvalue weighted by atomic mass is 16.5. The Morgan fingerprint density at radius 1 is 1.29 bits per heavy atom. The summed E-state index contributed by atoms with van der Waals surface area (Å²) in [5.74, 6) is 0. The zero-order valence-electron chi connectivity index (χ0n) is 15.0. The average Bonchev–Trinajstić information content (AvgIpc) is 3.21. The van der Waals surface area contributed by atoms with Crippen molar-refractivity contribution in [1.82, 2.24) is 4.90 Å². The van der Waals surface area contributed by atoms with Crippen LogP contribution in [0.5, 0.6) is 0 Å². The van der Waals surface area contributed by atoms with Crippen LogP contribution in [0.4, 0.5) is 0 Å². The molecule has 3 atom stereocenters. The third-order valence-electron chi connectivity index (χ3n) is 5.24. The van der Waals surface area contributed by atoms with E-state index in [1.165, 1.54) is 29.5 Å². The van der Waals surface area contributed by atoms with Crippen molar-refractivity contribution in [3.8, 4) is 0 Å². The van der Waals surface area contributed by atoms with E-state index >= 15 is 0 Å². The van der Waals surface area contributed by atoms with E-state index in [2.05, 4.69) is 36.9 Å². The Bertz CT molecular complexity index is 528. The molecule has 0 aromatic heterocycles. The maximum absolute atomic E-state index is 10.4. The molecule has 1 N–H and O–H groups in total. The Morgan fingerprint density at radius 2 is 2.17 bits per heavy atom. The van der Waals surface area contributed by atoms with Crippen LogP contribution in [-0.2, 0) is 9.47 Å². The predicted octanol–water partition coefficient (Wildman–Crippen LogP) is 3.00. The van der Waals surface area contributed by atoms with E-state index in [4.69, 9.17) is 9.47 Å². The largest absolute Gasteiger partial charge is 0.389 e. The molecule has 0 radical (unpaired) electrons. The Kier molecular flexibility index (Phi) is 6.28. The first-order valence-corrected chi connectivity index (χ1v) is 9.32. The van der Waals surface area contributed by atoms with Crippen LogP contribution in [0.1, 0.15) is 48.4 Å². The number of β-amino-alcohol motifs (C(OH)–C–C–N with tert-alkyl or cyclic N) is 1. The lowest BCUT2D eigenvalue weighted by Gasteiger charge is -2.28. The van der Waals surface area contributed by atoms with Gasteiger partial charge in [0.25, 0.3) is 0 Å². The summed E-state index contributed by atoms with van der Waals surface area (Å²) in [5, 5.41) is 10.4. The van der Waals surface area contributed by atoms with Gasteiger partial charge in [0.2, 0.25) is 0 Å². The molecule has 0 saturated carbocycles. The van der Waals surface area contributed by atoms with Crippen LogP contribution in [0.2, 0.25) is 0 Å². The van der Waals surface area contributed by atoms with Gasteiger partial charge in [0.05, 0.1) is 25.4 Å². The first-order chi connectivity index (χ1) is 11.6. The molecule has 2 fully saturated rings. The normalized spacial score (nSPS) is 26.1. The highest BCUT2D eigenvalue weighted by molar-refractivity contribution is 5.33. The number of ether oxygens (including phenoxy) is 2. The van der Waals surface area contributed by atoms with E-state index in [9.17, 15) is 5.11 Å². The van der Waals surface area contributed by atoms with Gasteiger partial charge in [0, 0.05) is 19.2 Å². The summed E-state index contributed by atoms with van der Waals surface area (Å²) in [5.41, 5.74) is 4.07. The lowest BCUT2D eigenvalue weighted by Crippen LogP contribution is -2.35. The van der Waals surface area contributed by atoms with Crippen LogP contribution in [0.25, 0.3) is 0 Å². The molecule has 0 amide bonds. The third kappa shape index (κ3) is 4.57. The third-order valence-corrected chi connectivity index (χ3v) is 5.24. The lowest BCUT2D eigenvalue weighted by molar-refractivity contribution is -0.0261. The van der Waals surface area contributed by atoms with Crippen LogP contribution in [0, 0.1) is 13.8 Å². The second-order valence-electron chi connectivity index (χ2n) is 7.34. The van der Waals surface area contributed by atoms with Gasteiger partial charge in [-0.25, -0.2) is 0 Å². The van der Waals surface area contributed by atoms with Crippen LogP contribution in [-0.4, -0.2) is 55.1 Å². The highest BCUT2D eigenvalue weighted by Crippen LogP contribution is 2.34. The summed E-state index contributed by atoms with van der Waals surface area (Å²) in [6.45, 7) is 7.93. The summed E-state index contributed by atoms with van der Waals surface area (Å²) in [6.07, 6.45) is 4.37.